The highest BCUT2D eigenvalue weighted by Crippen LogP contribution is 2.23. The third kappa shape index (κ3) is 4.84. The van der Waals surface area contributed by atoms with Crippen molar-refractivity contribution in [3.8, 4) is 5.75 Å². The molecular weight excluding hydrogens is 310 g/mol. The predicted octanol–water partition coefficient (Wildman–Crippen LogP) is 3.05. The summed E-state index contributed by atoms with van der Waals surface area (Å²) < 4.78 is 6.27. The van der Waals surface area contributed by atoms with E-state index in [4.69, 9.17) is 9.84 Å². The molecule has 0 heterocycles. The molecule has 1 aromatic carbocycles. The molecule has 106 valence electrons. The van der Waals surface area contributed by atoms with Crippen molar-refractivity contribution in [3.63, 3.8) is 0 Å². The molecule has 19 heavy (non-hydrogen) atoms. The Bertz CT molecular complexity index is 446. The molecule has 0 aliphatic rings. The predicted molar refractivity (Wildman–Crippen MR) is 78.4 cm³/mol. The van der Waals surface area contributed by atoms with Gasteiger partial charge in [0, 0.05) is 16.6 Å². The van der Waals surface area contributed by atoms with Crippen LogP contribution in [0.5, 0.6) is 5.75 Å². The van der Waals surface area contributed by atoms with E-state index < -0.39 is 11.4 Å². The number of halogens is 1. The third-order valence-electron chi connectivity index (χ3n) is 3.07. The summed E-state index contributed by atoms with van der Waals surface area (Å²) in [6.07, 6.45) is 0.585. The Labute approximate surface area is 122 Å². The summed E-state index contributed by atoms with van der Waals surface area (Å²) in [5, 5.41) is 12.3. The summed E-state index contributed by atoms with van der Waals surface area (Å²) in [6.45, 7) is 4.78. The number of carbonyl (C=O) groups is 1. The first-order chi connectivity index (χ1) is 8.86. The van der Waals surface area contributed by atoms with E-state index in [1.807, 2.05) is 18.2 Å². The molecule has 0 unspecified atom stereocenters. The van der Waals surface area contributed by atoms with Crippen molar-refractivity contribution in [2.45, 2.75) is 26.8 Å². The molecule has 0 saturated carbocycles. The van der Waals surface area contributed by atoms with Crippen molar-refractivity contribution < 1.29 is 14.6 Å². The van der Waals surface area contributed by atoms with Crippen molar-refractivity contribution in [1.29, 1.82) is 0 Å². The number of carboxylic acid groups (broad SMARTS) is 1. The van der Waals surface area contributed by atoms with Gasteiger partial charge < -0.3 is 15.2 Å². The van der Waals surface area contributed by atoms with Gasteiger partial charge in [-0.05, 0) is 38.9 Å². The van der Waals surface area contributed by atoms with Crippen LogP contribution in [0.2, 0.25) is 0 Å². The second-order valence-corrected chi connectivity index (χ2v) is 5.99. The standard InChI is InChI=1S/C14H20BrNO3/c1-14(2,13(17)18)6-7-16-9-10-4-5-11(15)8-12(10)19-3/h4-5,8,16H,6-7,9H2,1-3H3,(H,17,18). The van der Waals surface area contributed by atoms with E-state index in [0.717, 1.165) is 15.8 Å². The van der Waals surface area contributed by atoms with Gasteiger partial charge in [0.1, 0.15) is 5.75 Å². The Morgan fingerprint density at radius 2 is 2.16 bits per heavy atom. The Balaban J connectivity index is 2.48. The number of aliphatic carboxylic acids is 1. The number of benzene rings is 1. The van der Waals surface area contributed by atoms with Crippen molar-refractivity contribution in [2.24, 2.45) is 5.41 Å². The van der Waals surface area contributed by atoms with Gasteiger partial charge in [0.25, 0.3) is 0 Å². The van der Waals surface area contributed by atoms with Crippen LogP contribution in [0.4, 0.5) is 0 Å². The molecule has 0 amide bonds. The number of nitrogens with one attached hydrogen (secondary N) is 1. The lowest BCUT2D eigenvalue weighted by molar-refractivity contribution is -0.147. The summed E-state index contributed by atoms with van der Waals surface area (Å²) in [5.41, 5.74) is 0.357. The van der Waals surface area contributed by atoms with Crippen molar-refractivity contribution >= 4 is 21.9 Å². The summed E-state index contributed by atoms with van der Waals surface area (Å²) >= 11 is 3.40. The lowest BCUT2D eigenvalue weighted by atomic mass is 9.90. The van der Waals surface area contributed by atoms with Gasteiger partial charge in [0.15, 0.2) is 0 Å². The van der Waals surface area contributed by atoms with E-state index in [-0.39, 0.29) is 0 Å². The number of rotatable bonds is 7. The zero-order valence-corrected chi connectivity index (χ0v) is 13.1. The molecule has 1 rings (SSSR count). The number of ether oxygens (including phenoxy) is 1. The van der Waals surface area contributed by atoms with Gasteiger partial charge in [-0.3, -0.25) is 4.79 Å². The van der Waals surface area contributed by atoms with Crippen LogP contribution in [0, 0.1) is 5.41 Å². The van der Waals surface area contributed by atoms with Crippen molar-refractivity contribution in [3.05, 3.63) is 28.2 Å². The minimum Gasteiger partial charge on any atom is -0.496 e. The maximum absolute atomic E-state index is 11.0. The topological polar surface area (TPSA) is 58.6 Å². The smallest absolute Gasteiger partial charge is 0.309 e. The average molecular weight is 330 g/mol. The van der Waals surface area contributed by atoms with Crippen molar-refractivity contribution in [2.75, 3.05) is 13.7 Å². The van der Waals surface area contributed by atoms with Gasteiger partial charge in [0.05, 0.1) is 12.5 Å². The highest BCUT2D eigenvalue weighted by atomic mass is 79.9. The second kappa shape index (κ2) is 6.91. The lowest BCUT2D eigenvalue weighted by Crippen LogP contribution is -2.28. The quantitative estimate of drug-likeness (QED) is 0.755. The zero-order chi connectivity index (χ0) is 14.5. The molecule has 4 nitrogen and oxygen atoms in total. The van der Waals surface area contributed by atoms with Gasteiger partial charge in [-0.25, -0.2) is 0 Å². The normalized spacial score (nSPS) is 11.4. The Morgan fingerprint density at radius 1 is 1.47 bits per heavy atom. The number of hydrogen-bond donors (Lipinski definition) is 2. The highest BCUT2D eigenvalue weighted by molar-refractivity contribution is 9.10. The first kappa shape index (κ1) is 16.0. The fraction of sp³-hybridized carbons (Fsp3) is 0.500. The molecule has 0 atom stereocenters. The van der Waals surface area contributed by atoms with E-state index in [0.29, 0.717) is 19.5 Å². The van der Waals surface area contributed by atoms with Gasteiger partial charge in [-0.1, -0.05) is 22.0 Å². The molecular formula is C14H20BrNO3. The highest BCUT2D eigenvalue weighted by Gasteiger charge is 2.26. The second-order valence-electron chi connectivity index (χ2n) is 5.07. The summed E-state index contributed by atoms with van der Waals surface area (Å²) in [4.78, 5) is 11.0. The Morgan fingerprint density at radius 3 is 2.74 bits per heavy atom. The van der Waals surface area contributed by atoms with Crippen LogP contribution in [0.3, 0.4) is 0 Å². The maximum atomic E-state index is 11.0. The largest absolute Gasteiger partial charge is 0.496 e. The molecule has 0 aromatic heterocycles. The minimum atomic E-state index is -0.768. The molecule has 0 aliphatic heterocycles. The van der Waals surface area contributed by atoms with Crippen LogP contribution in [0.25, 0.3) is 0 Å². The molecule has 0 spiro atoms. The van der Waals surface area contributed by atoms with Crippen LogP contribution < -0.4 is 10.1 Å². The Kier molecular flexibility index (Phi) is 5.82. The van der Waals surface area contributed by atoms with E-state index in [1.54, 1.807) is 21.0 Å². The van der Waals surface area contributed by atoms with Crippen LogP contribution in [0.1, 0.15) is 25.8 Å². The molecule has 1 aromatic rings. The molecule has 0 fully saturated rings. The SMILES string of the molecule is COc1cc(Br)ccc1CNCCC(C)(C)C(=O)O. The zero-order valence-electron chi connectivity index (χ0n) is 11.5. The van der Waals surface area contributed by atoms with Gasteiger partial charge in [-0.2, -0.15) is 0 Å². The number of carboxylic acids is 1. The minimum absolute atomic E-state index is 0.585. The fourth-order valence-corrected chi connectivity index (χ4v) is 1.94. The van der Waals surface area contributed by atoms with E-state index >= 15 is 0 Å². The van der Waals surface area contributed by atoms with Crippen molar-refractivity contribution in [1.82, 2.24) is 5.32 Å². The average Bonchev–Trinajstić information content (AvgIpc) is 2.35. The maximum Gasteiger partial charge on any atom is 0.309 e. The lowest BCUT2D eigenvalue weighted by Gasteiger charge is -2.19. The van der Waals surface area contributed by atoms with Crippen LogP contribution in [-0.4, -0.2) is 24.7 Å². The van der Waals surface area contributed by atoms with Gasteiger partial charge in [-0.15, -0.1) is 0 Å². The molecule has 5 heteroatoms. The molecule has 2 N–H and O–H groups in total. The first-order valence-electron chi connectivity index (χ1n) is 6.13. The fourth-order valence-electron chi connectivity index (χ4n) is 1.60. The molecule has 0 aliphatic carbocycles. The third-order valence-corrected chi connectivity index (χ3v) is 3.56. The monoisotopic (exact) mass is 329 g/mol. The number of hydrogen-bond acceptors (Lipinski definition) is 3. The summed E-state index contributed by atoms with van der Waals surface area (Å²) in [7, 11) is 1.64. The van der Waals surface area contributed by atoms with Gasteiger partial charge in [0.2, 0.25) is 0 Å². The van der Waals surface area contributed by atoms with E-state index in [2.05, 4.69) is 21.2 Å². The molecule has 0 radical (unpaired) electrons. The van der Waals surface area contributed by atoms with E-state index in [1.165, 1.54) is 0 Å². The summed E-state index contributed by atoms with van der Waals surface area (Å²) in [5.74, 6) is 0.0508. The molecule has 0 saturated heterocycles. The summed E-state index contributed by atoms with van der Waals surface area (Å²) in [6, 6.07) is 5.86. The molecule has 0 bridgehead atoms. The van der Waals surface area contributed by atoms with Crippen LogP contribution in [0.15, 0.2) is 22.7 Å². The van der Waals surface area contributed by atoms with Gasteiger partial charge >= 0.3 is 5.97 Å². The van der Waals surface area contributed by atoms with Crippen LogP contribution in [-0.2, 0) is 11.3 Å². The number of methoxy groups -OCH3 is 1. The first-order valence-corrected chi connectivity index (χ1v) is 6.92. The van der Waals surface area contributed by atoms with E-state index in [9.17, 15) is 4.79 Å². The Hall–Kier alpha value is -1.07. The van der Waals surface area contributed by atoms with Crippen LogP contribution >= 0.6 is 15.9 Å².